The molecular formula is C49H57N7O2. The number of benzene rings is 3. The van der Waals surface area contributed by atoms with E-state index in [4.69, 9.17) is 14.5 Å². The largest absolute Gasteiger partial charge is 0.486 e. The molecule has 0 amide bonds. The van der Waals surface area contributed by atoms with Gasteiger partial charge in [0.1, 0.15) is 24.7 Å². The number of nitrogens with zero attached hydrogens (tertiary/aromatic N) is 2. The summed E-state index contributed by atoms with van der Waals surface area (Å²) >= 11 is 0. The predicted octanol–water partition coefficient (Wildman–Crippen LogP) is 10.1. The Morgan fingerprint density at radius 3 is 2.40 bits per heavy atom. The zero-order chi connectivity index (χ0) is 39.0. The van der Waals surface area contributed by atoms with Gasteiger partial charge in [-0.05, 0) is 160 Å². The molecule has 9 heteroatoms. The Bertz CT molecular complexity index is 2470. The second kappa shape index (κ2) is 16.2. The van der Waals surface area contributed by atoms with Crippen molar-refractivity contribution in [1.29, 1.82) is 0 Å². The van der Waals surface area contributed by atoms with Crippen LogP contribution in [0.4, 0.5) is 22.9 Å². The van der Waals surface area contributed by atoms with Crippen molar-refractivity contribution in [2.45, 2.75) is 82.6 Å². The Morgan fingerprint density at radius 1 is 0.759 bits per heavy atom. The Balaban J connectivity index is 0.000000142. The molecule has 5 heterocycles. The summed E-state index contributed by atoms with van der Waals surface area (Å²) in [5.41, 5.74) is 14.5. The maximum absolute atomic E-state index is 5.67. The zero-order valence-electron chi connectivity index (χ0n) is 34.1. The maximum Gasteiger partial charge on any atom is 0.163 e. The summed E-state index contributed by atoms with van der Waals surface area (Å²) in [5, 5.41) is 16.7. The molecule has 58 heavy (non-hydrogen) atoms. The third-order valence-corrected chi connectivity index (χ3v) is 13.5. The number of rotatable bonds is 7. The van der Waals surface area contributed by atoms with E-state index in [1.165, 1.54) is 101 Å². The highest BCUT2D eigenvalue weighted by atomic mass is 16.6. The first-order valence-corrected chi connectivity index (χ1v) is 21.8. The average molecular weight is 776 g/mol. The van der Waals surface area contributed by atoms with E-state index in [9.17, 15) is 0 Å². The molecule has 1 saturated carbocycles. The molecule has 6 aromatic rings. The lowest BCUT2D eigenvalue weighted by Gasteiger charge is -2.25. The van der Waals surface area contributed by atoms with Crippen LogP contribution in [0.15, 0.2) is 79.0 Å². The Kier molecular flexibility index (Phi) is 10.3. The number of aromatic amines is 1. The number of ether oxygens (including phenoxy) is 2. The van der Waals surface area contributed by atoms with E-state index in [2.05, 4.69) is 106 Å². The molecule has 1 atom stereocenters. The van der Waals surface area contributed by atoms with E-state index in [-0.39, 0.29) is 0 Å². The van der Waals surface area contributed by atoms with Crippen molar-refractivity contribution in [3.63, 3.8) is 0 Å². The molecule has 3 aromatic carbocycles. The van der Waals surface area contributed by atoms with Gasteiger partial charge in [-0.25, -0.2) is 4.98 Å². The van der Waals surface area contributed by atoms with Crippen LogP contribution < -0.4 is 30.7 Å². The lowest BCUT2D eigenvalue weighted by atomic mass is 9.84. The van der Waals surface area contributed by atoms with Crippen molar-refractivity contribution < 1.29 is 9.47 Å². The van der Waals surface area contributed by atoms with Crippen molar-refractivity contribution in [3.8, 4) is 11.5 Å². The van der Waals surface area contributed by atoms with Crippen molar-refractivity contribution >= 4 is 50.4 Å². The number of aromatic nitrogens is 3. The van der Waals surface area contributed by atoms with Gasteiger partial charge in [0.2, 0.25) is 0 Å². The smallest absolute Gasteiger partial charge is 0.163 e. The molecular weight excluding hydrogens is 719 g/mol. The number of aryl methyl sites for hydroxylation is 1. The molecule has 300 valence electrons. The third kappa shape index (κ3) is 7.35. The van der Waals surface area contributed by atoms with Crippen LogP contribution in [-0.2, 0) is 26.3 Å². The van der Waals surface area contributed by atoms with Crippen LogP contribution in [0.1, 0.15) is 85.2 Å². The average Bonchev–Trinajstić information content (AvgIpc) is 3.98. The number of piperidine rings is 1. The summed E-state index contributed by atoms with van der Waals surface area (Å²) in [7, 11) is 4.18. The molecule has 5 aliphatic rings. The van der Waals surface area contributed by atoms with Crippen LogP contribution in [0.2, 0.25) is 0 Å². The van der Waals surface area contributed by atoms with Crippen LogP contribution in [0.25, 0.3) is 27.5 Å². The number of anilines is 4. The number of H-pyrrole nitrogens is 1. The highest BCUT2D eigenvalue weighted by molar-refractivity contribution is 5.88. The van der Waals surface area contributed by atoms with Crippen LogP contribution in [0.5, 0.6) is 11.5 Å². The normalized spacial score (nSPS) is 19.3. The molecule has 2 aliphatic heterocycles. The Morgan fingerprint density at radius 2 is 1.53 bits per heavy atom. The van der Waals surface area contributed by atoms with Gasteiger partial charge in [-0.2, -0.15) is 0 Å². The number of fused-ring (bicyclic) bond motifs is 6. The Labute approximate surface area is 342 Å². The standard InChI is InChI=1S/C28H33N3.C21H24N4O2/c1-2-4-19(5-3-1)27-18-30-28-17-23(9-11-25(27)28)31-22-8-6-20-7-10-24(26(20)16-22)21-12-14-29-15-13-21;1-22-13-3-6-17-16(11-13)15-5-8-20(24-21(15)25(17)2)23-14-4-7-18-19(12-14)27-10-9-26-18/h6,8-11,16-19,21,29-31H,1-5,7,12-15H2;4-5,7-8,12-13,22H,3,6,9-11H2,1-2H3,(H,23,24). The summed E-state index contributed by atoms with van der Waals surface area (Å²) in [6.45, 7) is 3.48. The van der Waals surface area contributed by atoms with Gasteiger partial charge in [0, 0.05) is 64.4 Å². The fourth-order valence-corrected chi connectivity index (χ4v) is 10.3. The molecule has 1 saturated heterocycles. The SMILES string of the molecule is C1=C(C2CCNCC2)c2cc(Nc3ccc4c(C5CCCCC5)c[nH]c4c3)ccc2C1.CNC1CCc2c(c3ccc(Nc4ccc5c(c4)OCCO5)nc3n2C)C1. The summed E-state index contributed by atoms with van der Waals surface area (Å²) in [6, 6.07) is 24.5. The van der Waals surface area contributed by atoms with Crippen LogP contribution in [0, 0.1) is 5.92 Å². The van der Waals surface area contributed by atoms with Crippen molar-refractivity contribution in [3.05, 3.63) is 107 Å². The second-order valence-corrected chi connectivity index (χ2v) is 17.0. The molecule has 3 aromatic heterocycles. The molecule has 0 radical (unpaired) electrons. The van der Waals surface area contributed by atoms with Crippen molar-refractivity contribution in [1.82, 2.24) is 25.2 Å². The van der Waals surface area contributed by atoms with Gasteiger partial charge < -0.3 is 40.3 Å². The molecule has 11 rings (SSSR count). The molecule has 0 spiro atoms. The van der Waals surface area contributed by atoms with Gasteiger partial charge in [-0.3, -0.25) is 0 Å². The van der Waals surface area contributed by atoms with Crippen molar-refractivity contribution in [2.24, 2.45) is 13.0 Å². The predicted molar refractivity (Wildman–Crippen MR) is 237 cm³/mol. The van der Waals surface area contributed by atoms with Gasteiger partial charge in [-0.1, -0.05) is 37.5 Å². The number of likely N-dealkylation sites (N-methyl/N-ethyl adjacent to an activating group) is 1. The number of allylic oxidation sites excluding steroid dienone is 2. The number of hydrogen-bond acceptors (Lipinski definition) is 7. The van der Waals surface area contributed by atoms with E-state index in [0.717, 1.165) is 72.6 Å². The quantitative estimate of drug-likeness (QED) is 0.110. The fourth-order valence-electron chi connectivity index (χ4n) is 10.3. The van der Waals surface area contributed by atoms with Gasteiger partial charge >= 0.3 is 0 Å². The monoisotopic (exact) mass is 775 g/mol. The van der Waals surface area contributed by atoms with Gasteiger partial charge in [0.05, 0.1) is 0 Å². The minimum Gasteiger partial charge on any atom is -0.486 e. The molecule has 9 nitrogen and oxygen atoms in total. The first-order valence-electron chi connectivity index (χ1n) is 21.8. The topological polar surface area (TPSA) is 100 Å². The summed E-state index contributed by atoms with van der Waals surface area (Å²) in [6.07, 6.45) is 18.5. The van der Waals surface area contributed by atoms with E-state index in [1.807, 2.05) is 18.2 Å². The van der Waals surface area contributed by atoms with E-state index < -0.39 is 0 Å². The minimum absolute atomic E-state index is 0.554. The Hall–Kier alpha value is -5.25. The fraction of sp³-hybridized carbons (Fsp3) is 0.408. The van der Waals surface area contributed by atoms with Gasteiger partial charge in [0.15, 0.2) is 11.5 Å². The summed E-state index contributed by atoms with van der Waals surface area (Å²) in [5.74, 6) is 3.86. The first-order chi connectivity index (χ1) is 28.6. The van der Waals surface area contributed by atoms with E-state index in [0.29, 0.717) is 25.2 Å². The summed E-state index contributed by atoms with van der Waals surface area (Å²) in [4.78, 5) is 8.45. The zero-order valence-corrected chi connectivity index (χ0v) is 34.1. The molecule has 2 fully saturated rings. The summed E-state index contributed by atoms with van der Waals surface area (Å²) < 4.78 is 13.5. The van der Waals surface area contributed by atoms with E-state index >= 15 is 0 Å². The van der Waals surface area contributed by atoms with Crippen LogP contribution in [0.3, 0.4) is 0 Å². The molecule has 0 bridgehead atoms. The number of hydrogen-bond donors (Lipinski definition) is 5. The van der Waals surface area contributed by atoms with Crippen LogP contribution >= 0.6 is 0 Å². The third-order valence-electron chi connectivity index (χ3n) is 13.5. The highest BCUT2D eigenvalue weighted by Crippen LogP contribution is 2.40. The van der Waals surface area contributed by atoms with Gasteiger partial charge in [-0.15, -0.1) is 0 Å². The first kappa shape index (κ1) is 37.0. The molecule has 1 unspecified atom stereocenters. The van der Waals surface area contributed by atoms with Gasteiger partial charge in [0.25, 0.3) is 0 Å². The lowest BCUT2D eigenvalue weighted by Crippen LogP contribution is -2.31. The second-order valence-electron chi connectivity index (χ2n) is 17.0. The number of pyridine rings is 1. The maximum atomic E-state index is 5.67. The highest BCUT2D eigenvalue weighted by Gasteiger charge is 2.26. The minimum atomic E-state index is 0.554. The molecule has 5 N–H and O–H groups in total. The number of nitrogens with one attached hydrogen (secondary N) is 5. The lowest BCUT2D eigenvalue weighted by molar-refractivity contribution is 0.171. The van der Waals surface area contributed by atoms with E-state index in [1.54, 1.807) is 5.57 Å². The molecule has 3 aliphatic carbocycles. The van der Waals surface area contributed by atoms with Crippen LogP contribution in [-0.4, -0.2) is 53.9 Å². The van der Waals surface area contributed by atoms with Crippen molar-refractivity contribution in [2.75, 3.05) is 44.0 Å².